The van der Waals surface area contributed by atoms with E-state index in [1.165, 1.54) is 5.57 Å². The topological polar surface area (TPSA) is 23.6 Å². The van der Waals surface area contributed by atoms with Crippen molar-refractivity contribution in [2.45, 2.75) is 59.0 Å². The molecule has 0 N–H and O–H groups in total. The molecule has 0 spiro atoms. The predicted octanol–water partition coefficient (Wildman–Crippen LogP) is 2.94. The number of carbonyl (C=O) groups is 1. The first-order valence-corrected chi connectivity index (χ1v) is 7.11. The van der Waals surface area contributed by atoms with Gasteiger partial charge in [0.1, 0.15) is 5.70 Å². The minimum Gasteiger partial charge on any atom is -0.362 e. The predicted molar refractivity (Wildman–Crippen MR) is 78.7 cm³/mol. The lowest BCUT2D eigenvalue weighted by Crippen LogP contribution is -2.50. The van der Waals surface area contributed by atoms with Gasteiger partial charge in [0.2, 0.25) is 0 Å². The van der Waals surface area contributed by atoms with Crippen molar-refractivity contribution in [2.24, 2.45) is 0 Å². The number of carbonyl (C=O) groups excluding carboxylic acids is 1. The molecule has 0 fully saturated rings. The minimum atomic E-state index is -0.143. The highest BCUT2D eigenvalue weighted by Gasteiger charge is 2.39. The highest BCUT2D eigenvalue weighted by Crippen LogP contribution is 2.34. The maximum Gasteiger partial charge on any atom is 0.271 e. The molecule has 3 nitrogen and oxygen atoms in total. The van der Waals surface area contributed by atoms with E-state index in [4.69, 9.17) is 0 Å². The fourth-order valence-electron chi connectivity index (χ4n) is 2.81. The first kappa shape index (κ1) is 14.2. The van der Waals surface area contributed by atoms with Gasteiger partial charge in [0, 0.05) is 24.2 Å². The van der Waals surface area contributed by atoms with Gasteiger partial charge < -0.3 is 9.80 Å². The van der Waals surface area contributed by atoms with Gasteiger partial charge in [-0.3, -0.25) is 4.79 Å². The third-order valence-electron chi connectivity index (χ3n) is 3.85. The number of hydrogen-bond donors (Lipinski definition) is 0. The lowest BCUT2D eigenvalue weighted by molar-refractivity contribution is -0.133. The van der Waals surface area contributed by atoms with E-state index >= 15 is 0 Å². The molecule has 0 unspecified atom stereocenters. The number of nitrogens with zero attached hydrogens (tertiary/aromatic N) is 2. The van der Waals surface area contributed by atoms with E-state index in [1.54, 1.807) is 0 Å². The van der Waals surface area contributed by atoms with Crippen molar-refractivity contribution in [1.29, 1.82) is 0 Å². The normalized spacial score (nSPS) is 21.1. The Morgan fingerprint density at radius 3 is 2.11 bits per heavy atom. The maximum atomic E-state index is 12.9. The zero-order chi connectivity index (χ0) is 14.4. The minimum absolute atomic E-state index is 0.00548. The van der Waals surface area contributed by atoms with Crippen LogP contribution in [0.4, 0.5) is 0 Å². The molecule has 0 saturated heterocycles. The van der Waals surface area contributed by atoms with Crippen molar-refractivity contribution in [2.75, 3.05) is 13.1 Å². The Hall–Kier alpha value is -1.25. The second kappa shape index (κ2) is 4.39. The van der Waals surface area contributed by atoms with Gasteiger partial charge in [-0.15, -0.1) is 0 Å². The quantitative estimate of drug-likeness (QED) is 0.670. The second-order valence-corrected chi connectivity index (χ2v) is 7.44. The molecule has 2 heterocycles. The Morgan fingerprint density at radius 1 is 1.00 bits per heavy atom. The molecule has 2 aliphatic rings. The van der Waals surface area contributed by atoms with Crippen molar-refractivity contribution >= 4 is 5.91 Å². The van der Waals surface area contributed by atoms with Crippen molar-refractivity contribution in [3.05, 3.63) is 23.4 Å². The maximum absolute atomic E-state index is 12.9. The molecule has 0 saturated carbocycles. The van der Waals surface area contributed by atoms with Crippen LogP contribution in [0.3, 0.4) is 0 Å². The Labute approximate surface area is 117 Å². The molecule has 2 aliphatic heterocycles. The molecule has 19 heavy (non-hydrogen) atoms. The molecular formula is C16H26N2O. The average Bonchev–Trinajstić information content (AvgIpc) is 2.58. The molecule has 0 atom stereocenters. The summed E-state index contributed by atoms with van der Waals surface area (Å²) >= 11 is 0. The van der Waals surface area contributed by atoms with Crippen LogP contribution in [0, 0.1) is 0 Å². The summed E-state index contributed by atoms with van der Waals surface area (Å²) in [4.78, 5) is 17.1. The van der Waals surface area contributed by atoms with Crippen LogP contribution in [0.2, 0.25) is 0 Å². The Morgan fingerprint density at radius 2 is 1.58 bits per heavy atom. The largest absolute Gasteiger partial charge is 0.362 e. The van der Waals surface area contributed by atoms with E-state index in [9.17, 15) is 4.79 Å². The first-order valence-electron chi connectivity index (χ1n) is 7.11. The first-order chi connectivity index (χ1) is 8.62. The molecule has 0 aliphatic carbocycles. The fraction of sp³-hybridized carbons (Fsp3) is 0.688. The molecule has 0 aromatic heterocycles. The van der Waals surface area contributed by atoms with Crippen molar-refractivity contribution in [1.82, 2.24) is 9.80 Å². The lowest BCUT2D eigenvalue weighted by Gasteiger charge is -2.40. The molecule has 1 amide bonds. The third-order valence-corrected chi connectivity index (χ3v) is 3.85. The monoisotopic (exact) mass is 262 g/mol. The number of rotatable bonds is 0. The lowest BCUT2D eigenvalue weighted by atomic mass is 10.0. The van der Waals surface area contributed by atoms with Gasteiger partial charge in [0.25, 0.3) is 5.91 Å². The van der Waals surface area contributed by atoms with Crippen molar-refractivity contribution in [3.8, 4) is 0 Å². The zero-order valence-electron chi connectivity index (χ0n) is 13.1. The van der Waals surface area contributed by atoms with Crippen LogP contribution in [-0.2, 0) is 4.79 Å². The number of allylic oxidation sites excluding steroid dienone is 1. The van der Waals surface area contributed by atoms with Gasteiger partial charge in [-0.1, -0.05) is 12.2 Å². The van der Waals surface area contributed by atoms with Crippen LogP contribution in [0.5, 0.6) is 0 Å². The number of amides is 1. The van der Waals surface area contributed by atoms with E-state index in [0.29, 0.717) is 6.54 Å². The second-order valence-electron chi connectivity index (χ2n) is 7.44. The van der Waals surface area contributed by atoms with Crippen LogP contribution < -0.4 is 0 Å². The average molecular weight is 262 g/mol. The Bertz CT molecular complexity index is 446. The molecule has 106 valence electrons. The van der Waals surface area contributed by atoms with Gasteiger partial charge in [-0.25, -0.2) is 0 Å². The Balaban J connectivity index is 2.42. The molecule has 0 radical (unpaired) electrons. The highest BCUT2D eigenvalue weighted by atomic mass is 16.2. The van der Waals surface area contributed by atoms with Gasteiger partial charge in [0.15, 0.2) is 0 Å². The molecule has 0 aromatic carbocycles. The van der Waals surface area contributed by atoms with E-state index in [2.05, 4.69) is 58.6 Å². The molecule has 0 bridgehead atoms. The summed E-state index contributed by atoms with van der Waals surface area (Å²) in [7, 11) is 0. The molecule has 0 aromatic rings. The van der Waals surface area contributed by atoms with Crippen LogP contribution >= 0.6 is 0 Å². The van der Waals surface area contributed by atoms with E-state index < -0.39 is 0 Å². The van der Waals surface area contributed by atoms with Crippen LogP contribution in [0.25, 0.3) is 0 Å². The fourth-order valence-corrected chi connectivity index (χ4v) is 2.81. The van der Waals surface area contributed by atoms with Crippen LogP contribution in [0.15, 0.2) is 23.4 Å². The standard InChI is InChI=1S/C16H26N2O/c1-15(2,3)17-11-9-12-8-7-10-18(16(4,5)6)14(19)13(12)17/h7-8H,9-11H2,1-6H3. The van der Waals surface area contributed by atoms with E-state index in [0.717, 1.165) is 18.7 Å². The number of hydrogen-bond acceptors (Lipinski definition) is 2. The Kier molecular flexibility index (Phi) is 3.28. The summed E-state index contributed by atoms with van der Waals surface area (Å²) in [6.45, 7) is 14.5. The van der Waals surface area contributed by atoms with Crippen molar-refractivity contribution < 1.29 is 4.79 Å². The summed E-state index contributed by atoms with van der Waals surface area (Å²) < 4.78 is 0. The summed E-state index contributed by atoms with van der Waals surface area (Å²) in [5, 5.41) is 0. The zero-order valence-corrected chi connectivity index (χ0v) is 13.1. The summed E-state index contributed by atoms with van der Waals surface area (Å²) in [5.41, 5.74) is 1.97. The molecule has 3 heteroatoms. The van der Waals surface area contributed by atoms with Crippen molar-refractivity contribution in [3.63, 3.8) is 0 Å². The van der Waals surface area contributed by atoms with E-state index in [-0.39, 0.29) is 17.0 Å². The van der Waals surface area contributed by atoms with Crippen LogP contribution in [0.1, 0.15) is 48.0 Å². The summed E-state index contributed by atoms with van der Waals surface area (Å²) in [6.07, 6.45) is 5.25. The van der Waals surface area contributed by atoms with Gasteiger partial charge in [-0.2, -0.15) is 0 Å². The molecular weight excluding hydrogens is 236 g/mol. The summed E-state index contributed by atoms with van der Waals surface area (Å²) in [5.74, 6) is 0.180. The van der Waals surface area contributed by atoms with E-state index in [1.807, 2.05) is 4.90 Å². The van der Waals surface area contributed by atoms with Crippen LogP contribution in [-0.4, -0.2) is 39.9 Å². The van der Waals surface area contributed by atoms with Gasteiger partial charge >= 0.3 is 0 Å². The van der Waals surface area contributed by atoms with Gasteiger partial charge in [0.05, 0.1) is 0 Å². The smallest absolute Gasteiger partial charge is 0.271 e. The third kappa shape index (κ3) is 2.56. The SMILES string of the molecule is CC(C)(C)N1CC=CC2=C(C1=O)N(C(C)(C)C)CC2. The summed E-state index contributed by atoms with van der Waals surface area (Å²) in [6, 6.07) is 0. The van der Waals surface area contributed by atoms with Gasteiger partial charge in [-0.05, 0) is 53.5 Å². The highest BCUT2D eigenvalue weighted by molar-refractivity contribution is 5.96. The molecule has 2 rings (SSSR count).